The predicted molar refractivity (Wildman–Crippen MR) is 103 cm³/mol. The topological polar surface area (TPSA) is 76.9 Å². The molecule has 1 aliphatic carbocycles. The highest BCUT2D eigenvalue weighted by Crippen LogP contribution is 2.35. The van der Waals surface area contributed by atoms with Crippen LogP contribution in [0.5, 0.6) is 0 Å². The molecule has 0 saturated carbocycles. The Morgan fingerprint density at radius 2 is 2.31 bits per heavy atom. The molecule has 0 saturated heterocycles. The molecule has 3 aromatic heterocycles. The number of hydrogen-bond donors (Lipinski definition) is 1. The predicted octanol–water partition coefficient (Wildman–Crippen LogP) is 3.27. The molecule has 3 heterocycles. The first-order valence-electron chi connectivity index (χ1n) is 8.43. The first-order valence-corrected chi connectivity index (χ1v) is 9.62. The molecular weight excluding hydrogens is 372 g/mol. The molecule has 134 valence electrons. The van der Waals surface area contributed by atoms with E-state index in [4.69, 9.17) is 11.6 Å². The molecule has 26 heavy (non-hydrogen) atoms. The second kappa shape index (κ2) is 6.81. The molecule has 0 aliphatic heterocycles. The summed E-state index contributed by atoms with van der Waals surface area (Å²) < 4.78 is 1.35. The summed E-state index contributed by atoms with van der Waals surface area (Å²) in [5.41, 5.74) is 1.38. The van der Waals surface area contributed by atoms with Crippen molar-refractivity contribution >= 4 is 44.7 Å². The smallest absolute Gasteiger partial charge is 0.262 e. The quantitative estimate of drug-likeness (QED) is 0.698. The zero-order valence-electron chi connectivity index (χ0n) is 14.2. The number of aryl methyl sites for hydroxylation is 1. The van der Waals surface area contributed by atoms with Crippen LogP contribution in [0.3, 0.4) is 0 Å². The van der Waals surface area contributed by atoms with Gasteiger partial charge in [0.2, 0.25) is 5.91 Å². The van der Waals surface area contributed by atoms with Crippen LogP contribution >= 0.6 is 22.9 Å². The molecule has 1 aliphatic rings. The fourth-order valence-electron chi connectivity index (χ4n) is 3.30. The van der Waals surface area contributed by atoms with Crippen molar-refractivity contribution in [3.8, 4) is 0 Å². The van der Waals surface area contributed by atoms with E-state index in [1.54, 1.807) is 29.7 Å². The lowest BCUT2D eigenvalue weighted by atomic mass is 9.89. The van der Waals surface area contributed by atoms with Gasteiger partial charge < -0.3 is 5.32 Å². The molecule has 6 nitrogen and oxygen atoms in total. The third-order valence-electron chi connectivity index (χ3n) is 4.63. The van der Waals surface area contributed by atoms with Gasteiger partial charge in [-0.1, -0.05) is 18.5 Å². The average Bonchev–Trinajstić information content (AvgIpc) is 2.97. The summed E-state index contributed by atoms with van der Waals surface area (Å²) >= 11 is 7.55. The number of carbonyl (C=O) groups is 1. The van der Waals surface area contributed by atoms with Gasteiger partial charge in [0, 0.05) is 11.1 Å². The van der Waals surface area contributed by atoms with Crippen molar-refractivity contribution in [2.24, 2.45) is 5.92 Å². The van der Waals surface area contributed by atoms with Gasteiger partial charge in [0.25, 0.3) is 5.56 Å². The van der Waals surface area contributed by atoms with Crippen LogP contribution in [0.2, 0.25) is 5.15 Å². The molecule has 0 spiro atoms. The first-order chi connectivity index (χ1) is 12.5. The van der Waals surface area contributed by atoms with Crippen LogP contribution in [0.1, 0.15) is 23.8 Å². The van der Waals surface area contributed by atoms with Crippen molar-refractivity contribution < 1.29 is 4.79 Å². The Hall–Kier alpha value is -2.25. The average molecular weight is 389 g/mol. The maximum Gasteiger partial charge on any atom is 0.262 e. The van der Waals surface area contributed by atoms with Crippen LogP contribution in [0.25, 0.3) is 10.2 Å². The van der Waals surface area contributed by atoms with Crippen LogP contribution in [0.15, 0.2) is 29.5 Å². The highest BCUT2D eigenvalue weighted by Gasteiger charge is 2.23. The molecule has 1 unspecified atom stereocenters. The van der Waals surface area contributed by atoms with E-state index < -0.39 is 0 Å². The Balaban J connectivity index is 1.63. The number of aromatic nitrogens is 3. The van der Waals surface area contributed by atoms with Gasteiger partial charge in [-0.2, -0.15) is 0 Å². The molecule has 1 atom stereocenters. The lowest BCUT2D eigenvalue weighted by Crippen LogP contribution is -2.28. The van der Waals surface area contributed by atoms with Gasteiger partial charge in [0.15, 0.2) is 5.15 Å². The molecule has 8 heteroatoms. The fourth-order valence-corrected chi connectivity index (χ4v) is 4.81. The Bertz CT molecular complexity index is 1060. The van der Waals surface area contributed by atoms with Gasteiger partial charge in [0.1, 0.15) is 11.4 Å². The number of nitrogens with zero attached hydrogens (tertiary/aromatic N) is 3. The normalized spacial score (nSPS) is 16.5. The monoisotopic (exact) mass is 388 g/mol. The van der Waals surface area contributed by atoms with E-state index >= 15 is 0 Å². The number of carbonyl (C=O) groups excluding carboxylic acids is 1. The third kappa shape index (κ3) is 3.12. The Morgan fingerprint density at radius 3 is 3.12 bits per heavy atom. The molecule has 3 aromatic rings. The zero-order chi connectivity index (χ0) is 18.3. The van der Waals surface area contributed by atoms with Crippen LogP contribution in [0.4, 0.5) is 5.69 Å². The van der Waals surface area contributed by atoms with E-state index in [0.29, 0.717) is 17.0 Å². The molecule has 0 radical (unpaired) electrons. The lowest BCUT2D eigenvalue weighted by Gasteiger charge is -2.17. The highest BCUT2D eigenvalue weighted by atomic mass is 35.5. The molecule has 1 amide bonds. The molecule has 0 fully saturated rings. The van der Waals surface area contributed by atoms with E-state index in [2.05, 4.69) is 22.2 Å². The number of amides is 1. The minimum atomic E-state index is -0.346. The first kappa shape index (κ1) is 17.2. The summed E-state index contributed by atoms with van der Waals surface area (Å²) in [6.07, 6.45) is 5.96. The third-order valence-corrected chi connectivity index (χ3v) is 6.09. The summed E-state index contributed by atoms with van der Waals surface area (Å²) in [6.45, 7) is 2.11. The molecule has 1 N–H and O–H groups in total. The van der Waals surface area contributed by atoms with Crippen LogP contribution < -0.4 is 10.9 Å². The number of hydrogen-bond acceptors (Lipinski definition) is 5. The largest absolute Gasteiger partial charge is 0.322 e. The van der Waals surface area contributed by atoms with Gasteiger partial charge in [0.05, 0.1) is 17.4 Å². The van der Waals surface area contributed by atoms with Crippen molar-refractivity contribution in [3.05, 3.63) is 50.6 Å². The standard InChI is InChI=1S/C18H17ClN4O2S/c1-10-4-5-11-13(7-10)26-17-15(11)18(25)23(9-21-17)8-14(24)22-12-3-2-6-20-16(12)19/h2-3,6,9-10H,4-5,7-8H2,1H3,(H,22,24). The summed E-state index contributed by atoms with van der Waals surface area (Å²) in [7, 11) is 0. The van der Waals surface area contributed by atoms with Crippen LogP contribution in [-0.2, 0) is 24.2 Å². The Kier molecular flexibility index (Phi) is 4.50. The molecular formula is C18H17ClN4O2S. The second-order valence-corrected chi connectivity index (χ2v) is 8.04. The number of nitrogens with one attached hydrogen (secondary N) is 1. The highest BCUT2D eigenvalue weighted by molar-refractivity contribution is 7.18. The summed E-state index contributed by atoms with van der Waals surface area (Å²) in [5, 5.41) is 3.56. The maximum atomic E-state index is 12.9. The van der Waals surface area contributed by atoms with Crippen LogP contribution in [-0.4, -0.2) is 20.4 Å². The van der Waals surface area contributed by atoms with E-state index in [1.165, 1.54) is 15.8 Å². The molecule has 0 bridgehead atoms. The minimum absolute atomic E-state index is 0.117. The minimum Gasteiger partial charge on any atom is -0.322 e. The van der Waals surface area contributed by atoms with Crippen molar-refractivity contribution in [1.29, 1.82) is 0 Å². The maximum absolute atomic E-state index is 12.9. The summed E-state index contributed by atoms with van der Waals surface area (Å²) in [6, 6.07) is 3.34. The molecule has 0 aromatic carbocycles. The number of anilines is 1. The lowest BCUT2D eigenvalue weighted by molar-refractivity contribution is -0.116. The van der Waals surface area contributed by atoms with Crippen molar-refractivity contribution in [2.45, 2.75) is 32.7 Å². The SMILES string of the molecule is CC1CCc2c(sc3ncn(CC(=O)Nc4cccnc4Cl)c(=O)c23)C1. The number of thiophene rings is 1. The number of halogens is 1. The number of rotatable bonds is 3. The van der Waals surface area contributed by atoms with Gasteiger partial charge in [-0.15, -0.1) is 11.3 Å². The summed E-state index contributed by atoms with van der Waals surface area (Å²) in [4.78, 5) is 35.6. The Labute approximate surface area is 158 Å². The number of pyridine rings is 1. The molecule has 4 rings (SSSR count). The number of fused-ring (bicyclic) bond motifs is 3. The van der Waals surface area contributed by atoms with Crippen LogP contribution in [0, 0.1) is 5.92 Å². The van der Waals surface area contributed by atoms with Crippen molar-refractivity contribution in [1.82, 2.24) is 14.5 Å². The van der Waals surface area contributed by atoms with Gasteiger partial charge in [-0.3, -0.25) is 14.2 Å². The van der Waals surface area contributed by atoms with E-state index in [-0.39, 0.29) is 23.2 Å². The van der Waals surface area contributed by atoms with Gasteiger partial charge in [-0.25, -0.2) is 9.97 Å². The van der Waals surface area contributed by atoms with Crippen molar-refractivity contribution in [3.63, 3.8) is 0 Å². The van der Waals surface area contributed by atoms with E-state index in [1.807, 2.05) is 0 Å². The van der Waals surface area contributed by atoms with Crippen molar-refractivity contribution in [2.75, 3.05) is 5.32 Å². The summed E-state index contributed by atoms with van der Waals surface area (Å²) in [5.74, 6) is 0.286. The second-order valence-electron chi connectivity index (χ2n) is 6.60. The van der Waals surface area contributed by atoms with E-state index in [0.717, 1.165) is 29.7 Å². The Morgan fingerprint density at radius 1 is 1.46 bits per heavy atom. The zero-order valence-corrected chi connectivity index (χ0v) is 15.7. The van der Waals surface area contributed by atoms with E-state index in [9.17, 15) is 9.59 Å². The fraction of sp³-hybridized carbons (Fsp3) is 0.333. The van der Waals surface area contributed by atoms with Gasteiger partial charge in [-0.05, 0) is 42.9 Å². The van der Waals surface area contributed by atoms with Gasteiger partial charge >= 0.3 is 0 Å².